The van der Waals surface area contributed by atoms with E-state index in [9.17, 15) is 13.2 Å². The predicted octanol–water partition coefficient (Wildman–Crippen LogP) is 1.79. The Balaban J connectivity index is 1.86. The van der Waals surface area contributed by atoms with Gasteiger partial charge in [0.15, 0.2) is 14.9 Å². The van der Waals surface area contributed by atoms with Crippen molar-refractivity contribution in [1.82, 2.24) is 10.9 Å². The molecule has 0 spiro atoms. The summed E-state index contributed by atoms with van der Waals surface area (Å²) in [5, 5.41) is 3.01. The molecule has 0 saturated carbocycles. The molecule has 6 nitrogen and oxygen atoms in total. The monoisotopic (exact) mass is 363 g/mol. The molecule has 0 saturated heterocycles. The average Bonchev–Trinajstić information content (AvgIpc) is 2.54. The van der Waals surface area contributed by atoms with Crippen molar-refractivity contribution in [3.8, 4) is 0 Å². The summed E-state index contributed by atoms with van der Waals surface area (Å²) >= 11 is 5.02. The topological polar surface area (TPSA) is 87.3 Å². The van der Waals surface area contributed by atoms with Crippen LogP contribution in [0.5, 0.6) is 0 Å². The number of anilines is 1. The van der Waals surface area contributed by atoms with Gasteiger partial charge in [-0.05, 0) is 43.4 Å². The molecule has 0 radical (unpaired) electrons. The lowest BCUT2D eigenvalue weighted by molar-refractivity contribution is -0.119. The second kappa shape index (κ2) is 7.89. The van der Waals surface area contributed by atoms with Crippen LogP contribution in [0.3, 0.4) is 0 Å². The first-order valence-electron chi connectivity index (χ1n) is 7.07. The first kappa shape index (κ1) is 17.9. The minimum absolute atomic E-state index is 0.105. The number of sulfone groups is 1. The second-order valence-electron chi connectivity index (χ2n) is 5.07. The van der Waals surface area contributed by atoms with Crippen molar-refractivity contribution in [2.45, 2.75) is 11.8 Å². The van der Waals surface area contributed by atoms with Crippen molar-refractivity contribution in [2.24, 2.45) is 0 Å². The number of hydrogen-bond acceptors (Lipinski definition) is 4. The fourth-order valence-corrected chi connectivity index (χ4v) is 3.15. The third kappa shape index (κ3) is 5.32. The van der Waals surface area contributed by atoms with Gasteiger partial charge in [0.25, 0.3) is 5.91 Å². The van der Waals surface area contributed by atoms with Crippen LogP contribution in [0.15, 0.2) is 59.5 Å². The summed E-state index contributed by atoms with van der Waals surface area (Å²) in [6.45, 7) is 1.85. The van der Waals surface area contributed by atoms with Gasteiger partial charge in [-0.2, -0.15) is 0 Å². The maximum atomic E-state index is 12.2. The van der Waals surface area contributed by atoms with E-state index in [0.29, 0.717) is 0 Å². The van der Waals surface area contributed by atoms with Crippen molar-refractivity contribution in [3.05, 3.63) is 60.2 Å². The molecule has 2 rings (SSSR count). The number of thiocarbonyl (C=S) groups is 1. The second-order valence-corrected chi connectivity index (χ2v) is 7.46. The van der Waals surface area contributed by atoms with Crippen LogP contribution in [0.25, 0.3) is 0 Å². The van der Waals surface area contributed by atoms with E-state index in [1.807, 2.05) is 25.1 Å². The van der Waals surface area contributed by atoms with Crippen molar-refractivity contribution in [1.29, 1.82) is 0 Å². The van der Waals surface area contributed by atoms with Gasteiger partial charge in [0, 0.05) is 5.69 Å². The predicted molar refractivity (Wildman–Crippen MR) is 97.2 cm³/mol. The SMILES string of the molecule is Cc1ccc(S(=O)(=O)CC(=O)NNC(=S)Nc2ccccc2)cc1. The van der Waals surface area contributed by atoms with E-state index in [-0.39, 0.29) is 10.0 Å². The Morgan fingerprint density at radius 2 is 1.62 bits per heavy atom. The van der Waals surface area contributed by atoms with E-state index < -0.39 is 21.5 Å². The minimum Gasteiger partial charge on any atom is -0.331 e. The van der Waals surface area contributed by atoms with Gasteiger partial charge < -0.3 is 5.32 Å². The number of amides is 1. The van der Waals surface area contributed by atoms with Crippen LogP contribution in [-0.2, 0) is 14.6 Å². The standard InChI is InChI=1S/C16H17N3O3S2/c1-12-7-9-14(10-8-12)24(21,22)11-15(20)18-19-16(23)17-13-5-3-2-4-6-13/h2-10H,11H2,1H3,(H,18,20)(H2,17,19,23). The molecule has 0 aromatic heterocycles. The van der Waals surface area contributed by atoms with Crippen LogP contribution in [-0.4, -0.2) is 25.2 Å². The summed E-state index contributed by atoms with van der Waals surface area (Å²) in [6, 6.07) is 15.5. The maximum Gasteiger partial charge on any atom is 0.253 e. The number of hydrazine groups is 1. The molecule has 8 heteroatoms. The first-order chi connectivity index (χ1) is 11.4. The summed E-state index contributed by atoms with van der Waals surface area (Å²) in [4.78, 5) is 11.9. The molecule has 2 aromatic carbocycles. The van der Waals surface area contributed by atoms with Crippen molar-refractivity contribution >= 4 is 38.8 Å². The molecule has 1 amide bonds. The number of hydrogen-bond donors (Lipinski definition) is 3. The third-order valence-electron chi connectivity index (χ3n) is 3.05. The Labute approximate surface area is 146 Å². The summed E-state index contributed by atoms with van der Waals surface area (Å²) in [5.74, 6) is -1.37. The Morgan fingerprint density at radius 3 is 2.25 bits per heavy atom. The molecule has 0 atom stereocenters. The van der Waals surface area contributed by atoms with Gasteiger partial charge in [-0.1, -0.05) is 35.9 Å². The molecular weight excluding hydrogens is 346 g/mol. The molecule has 24 heavy (non-hydrogen) atoms. The summed E-state index contributed by atoms with van der Waals surface area (Å²) in [5.41, 5.74) is 6.43. The lowest BCUT2D eigenvalue weighted by Gasteiger charge is -2.11. The van der Waals surface area contributed by atoms with Gasteiger partial charge in [0.05, 0.1) is 4.90 Å². The number of carbonyl (C=O) groups is 1. The maximum absolute atomic E-state index is 12.2. The molecule has 0 aliphatic carbocycles. The van der Waals surface area contributed by atoms with Gasteiger partial charge >= 0.3 is 0 Å². The number of aryl methyl sites for hydroxylation is 1. The number of carbonyl (C=O) groups excluding carboxylic acids is 1. The molecular formula is C16H17N3O3S2. The lowest BCUT2D eigenvalue weighted by atomic mass is 10.2. The normalized spacial score (nSPS) is 10.7. The fraction of sp³-hybridized carbons (Fsp3) is 0.125. The van der Waals surface area contributed by atoms with E-state index in [1.54, 1.807) is 24.3 Å². The van der Waals surface area contributed by atoms with Crippen LogP contribution in [0.4, 0.5) is 5.69 Å². The minimum atomic E-state index is -3.70. The van der Waals surface area contributed by atoms with Gasteiger partial charge in [0.2, 0.25) is 0 Å². The number of benzene rings is 2. The number of rotatable bonds is 4. The zero-order chi connectivity index (χ0) is 17.6. The summed E-state index contributed by atoms with van der Waals surface area (Å²) < 4.78 is 24.3. The molecule has 0 unspecified atom stereocenters. The molecule has 0 aliphatic heterocycles. The largest absolute Gasteiger partial charge is 0.331 e. The molecule has 3 N–H and O–H groups in total. The number of para-hydroxylation sites is 1. The van der Waals surface area contributed by atoms with Crippen molar-refractivity contribution < 1.29 is 13.2 Å². The highest BCUT2D eigenvalue weighted by Crippen LogP contribution is 2.11. The van der Waals surface area contributed by atoms with Crippen LogP contribution in [0.1, 0.15) is 5.56 Å². The molecule has 2 aromatic rings. The van der Waals surface area contributed by atoms with Gasteiger partial charge in [0.1, 0.15) is 5.75 Å². The van der Waals surface area contributed by atoms with Gasteiger partial charge in [-0.15, -0.1) is 0 Å². The number of nitrogens with one attached hydrogen (secondary N) is 3. The van der Waals surface area contributed by atoms with Crippen LogP contribution >= 0.6 is 12.2 Å². The summed E-state index contributed by atoms with van der Waals surface area (Å²) in [7, 11) is -3.70. The highest BCUT2D eigenvalue weighted by atomic mass is 32.2. The van der Waals surface area contributed by atoms with E-state index in [0.717, 1.165) is 11.3 Å². The Hall–Kier alpha value is -2.45. The van der Waals surface area contributed by atoms with Gasteiger partial charge in [-0.25, -0.2) is 8.42 Å². The molecule has 126 valence electrons. The lowest BCUT2D eigenvalue weighted by Crippen LogP contribution is -2.45. The zero-order valence-corrected chi connectivity index (χ0v) is 14.6. The quantitative estimate of drug-likeness (QED) is 0.567. The van der Waals surface area contributed by atoms with E-state index in [2.05, 4.69) is 16.2 Å². The molecule has 0 aliphatic rings. The fourth-order valence-electron chi connectivity index (χ4n) is 1.85. The molecule has 0 heterocycles. The smallest absolute Gasteiger partial charge is 0.253 e. The molecule has 0 fully saturated rings. The van der Waals surface area contributed by atoms with E-state index >= 15 is 0 Å². The van der Waals surface area contributed by atoms with E-state index in [4.69, 9.17) is 12.2 Å². The van der Waals surface area contributed by atoms with E-state index in [1.165, 1.54) is 12.1 Å². The van der Waals surface area contributed by atoms with Crippen molar-refractivity contribution in [2.75, 3.05) is 11.1 Å². The Morgan fingerprint density at radius 1 is 1.00 bits per heavy atom. The third-order valence-corrected chi connectivity index (χ3v) is 4.89. The zero-order valence-electron chi connectivity index (χ0n) is 12.9. The first-order valence-corrected chi connectivity index (χ1v) is 9.13. The van der Waals surface area contributed by atoms with Gasteiger partial charge in [-0.3, -0.25) is 15.6 Å². The van der Waals surface area contributed by atoms with Crippen LogP contribution < -0.4 is 16.2 Å². The van der Waals surface area contributed by atoms with Crippen LogP contribution in [0, 0.1) is 6.92 Å². The highest BCUT2D eigenvalue weighted by molar-refractivity contribution is 7.92. The van der Waals surface area contributed by atoms with Crippen molar-refractivity contribution in [3.63, 3.8) is 0 Å². The average molecular weight is 363 g/mol. The Kier molecular flexibility index (Phi) is 5.88. The molecule has 0 bridgehead atoms. The van der Waals surface area contributed by atoms with Crippen LogP contribution in [0.2, 0.25) is 0 Å². The highest BCUT2D eigenvalue weighted by Gasteiger charge is 2.19. The summed E-state index contributed by atoms with van der Waals surface area (Å²) in [6.07, 6.45) is 0. The Bertz CT molecular complexity index is 819.